The molecule has 0 saturated carbocycles. The average molecular weight is 439 g/mol. The Labute approximate surface area is 188 Å². The third kappa shape index (κ3) is 6.81. The molecule has 2 aromatic rings. The van der Waals surface area contributed by atoms with Gasteiger partial charge in [-0.15, -0.1) is 0 Å². The molecule has 1 heterocycles. The molecule has 1 aliphatic rings. The summed E-state index contributed by atoms with van der Waals surface area (Å²) in [5, 5.41) is 8.68. The van der Waals surface area contributed by atoms with Gasteiger partial charge in [0.15, 0.2) is 5.71 Å². The summed E-state index contributed by atoms with van der Waals surface area (Å²) < 4.78 is 10.6. The van der Waals surface area contributed by atoms with E-state index in [-0.39, 0.29) is 11.6 Å². The Morgan fingerprint density at radius 2 is 1.78 bits per heavy atom. The van der Waals surface area contributed by atoms with Crippen molar-refractivity contribution in [1.29, 1.82) is 0 Å². The Morgan fingerprint density at radius 3 is 2.44 bits per heavy atom. The molecule has 8 heteroatoms. The van der Waals surface area contributed by atoms with Crippen LogP contribution in [0, 0.1) is 0 Å². The smallest absolute Gasteiger partial charge is 0.276 e. The van der Waals surface area contributed by atoms with Crippen LogP contribution in [-0.4, -0.2) is 55.6 Å². The largest absolute Gasteiger partial charge is 0.497 e. The number of methoxy groups -OCH3 is 1. The van der Waals surface area contributed by atoms with Gasteiger partial charge in [-0.05, 0) is 29.7 Å². The molecule has 0 spiro atoms. The molecule has 0 bridgehead atoms. The van der Waals surface area contributed by atoms with Crippen molar-refractivity contribution in [3.05, 3.63) is 65.7 Å². The minimum atomic E-state index is -0.181. The molecule has 0 unspecified atom stereocenters. The van der Waals surface area contributed by atoms with Crippen molar-refractivity contribution in [2.45, 2.75) is 26.5 Å². The molecule has 2 aromatic carbocycles. The Hall–Kier alpha value is -3.39. The standard InChI is InChI=1S/C24H30N4O4/c1-3-22(27-32-18-20-7-5-4-6-8-20)23(24(29)28-13-15-31-16-14-28)26-25-17-19-9-11-21(30-2)12-10-19/h4-12,25H,3,13-18H2,1-2H3/b26-23-,27-22+. The lowest BCUT2D eigenvalue weighted by molar-refractivity contribution is -0.127. The molecule has 170 valence electrons. The van der Waals surface area contributed by atoms with E-state index in [9.17, 15) is 4.79 Å². The number of oxime groups is 1. The minimum Gasteiger partial charge on any atom is -0.497 e. The van der Waals surface area contributed by atoms with E-state index in [0.29, 0.717) is 51.6 Å². The lowest BCUT2D eigenvalue weighted by Gasteiger charge is -2.27. The number of carbonyl (C=O) groups excluding carboxylic acids is 1. The topological polar surface area (TPSA) is 84.8 Å². The quantitative estimate of drug-likeness (QED) is 0.455. The van der Waals surface area contributed by atoms with Crippen LogP contribution < -0.4 is 10.2 Å². The lowest BCUT2D eigenvalue weighted by atomic mass is 10.1. The molecule has 1 aliphatic heterocycles. The summed E-state index contributed by atoms with van der Waals surface area (Å²) in [6.07, 6.45) is 0.508. The number of benzene rings is 2. The van der Waals surface area contributed by atoms with E-state index in [4.69, 9.17) is 14.3 Å². The number of amides is 1. The van der Waals surface area contributed by atoms with Crippen LogP contribution >= 0.6 is 0 Å². The molecule has 1 saturated heterocycles. The van der Waals surface area contributed by atoms with Gasteiger partial charge in [0.25, 0.3) is 5.91 Å². The first kappa shape index (κ1) is 23.3. The summed E-state index contributed by atoms with van der Waals surface area (Å²) >= 11 is 0. The van der Waals surface area contributed by atoms with Gasteiger partial charge in [-0.1, -0.05) is 54.5 Å². The van der Waals surface area contributed by atoms with Crippen molar-refractivity contribution in [3.63, 3.8) is 0 Å². The first-order valence-electron chi connectivity index (χ1n) is 10.7. The van der Waals surface area contributed by atoms with Crippen molar-refractivity contribution in [2.75, 3.05) is 33.4 Å². The van der Waals surface area contributed by atoms with E-state index in [1.807, 2.05) is 61.5 Å². The fourth-order valence-corrected chi connectivity index (χ4v) is 3.14. The number of morpholine rings is 1. The maximum absolute atomic E-state index is 13.2. The molecule has 0 aliphatic carbocycles. The van der Waals surface area contributed by atoms with Crippen LogP contribution in [0.15, 0.2) is 64.9 Å². The van der Waals surface area contributed by atoms with Crippen molar-refractivity contribution in [3.8, 4) is 5.75 Å². The zero-order valence-corrected chi connectivity index (χ0v) is 18.6. The first-order valence-corrected chi connectivity index (χ1v) is 10.7. The fraction of sp³-hybridized carbons (Fsp3) is 0.375. The molecular formula is C24H30N4O4. The van der Waals surface area contributed by atoms with Gasteiger partial charge >= 0.3 is 0 Å². The monoisotopic (exact) mass is 438 g/mol. The van der Waals surface area contributed by atoms with Gasteiger partial charge in [0, 0.05) is 13.1 Å². The summed E-state index contributed by atoms with van der Waals surface area (Å²) in [5.74, 6) is 0.607. The summed E-state index contributed by atoms with van der Waals surface area (Å²) in [5.41, 5.74) is 5.79. The number of hydrogen-bond acceptors (Lipinski definition) is 7. The highest BCUT2D eigenvalue weighted by Gasteiger charge is 2.26. The van der Waals surface area contributed by atoms with E-state index in [1.165, 1.54) is 0 Å². The Kier molecular flexibility index (Phi) is 9.06. The lowest BCUT2D eigenvalue weighted by Crippen LogP contribution is -2.46. The molecule has 0 atom stereocenters. The van der Waals surface area contributed by atoms with Gasteiger partial charge in [-0.2, -0.15) is 5.10 Å². The second kappa shape index (κ2) is 12.5. The highest BCUT2D eigenvalue weighted by atomic mass is 16.6. The molecular weight excluding hydrogens is 408 g/mol. The second-order valence-corrected chi connectivity index (χ2v) is 7.20. The number of carbonyl (C=O) groups is 1. The van der Waals surface area contributed by atoms with Crippen molar-refractivity contribution in [2.24, 2.45) is 10.3 Å². The van der Waals surface area contributed by atoms with E-state index in [2.05, 4.69) is 15.7 Å². The molecule has 1 N–H and O–H groups in total. The molecule has 0 radical (unpaired) electrons. The van der Waals surface area contributed by atoms with Crippen LogP contribution in [0.3, 0.4) is 0 Å². The van der Waals surface area contributed by atoms with Crippen LogP contribution in [0.1, 0.15) is 24.5 Å². The maximum Gasteiger partial charge on any atom is 0.276 e. The van der Waals surface area contributed by atoms with Gasteiger partial charge in [-0.25, -0.2) is 0 Å². The minimum absolute atomic E-state index is 0.181. The van der Waals surface area contributed by atoms with Gasteiger partial charge in [0.1, 0.15) is 18.1 Å². The Bertz CT molecular complexity index is 907. The van der Waals surface area contributed by atoms with E-state index >= 15 is 0 Å². The van der Waals surface area contributed by atoms with Gasteiger partial charge in [0.2, 0.25) is 0 Å². The number of nitrogens with one attached hydrogen (secondary N) is 1. The third-order valence-corrected chi connectivity index (χ3v) is 4.99. The van der Waals surface area contributed by atoms with Crippen LogP contribution in [0.25, 0.3) is 0 Å². The number of nitrogens with zero attached hydrogens (tertiary/aromatic N) is 3. The number of ether oxygens (including phenoxy) is 2. The average Bonchev–Trinajstić information content (AvgIpc) is 2.86. The SMILES string of the molecule is CCC(=N\OCc1ccccc1)/C(=N/NCc1ccc(OC)cc1)C(=O)N1CCOCC1. The van der Waals surface area contributed by atoms with Crippen LogP contribution in [0.4, 0.5) is 0 Å². The van der Waals surface area contributed by atoms with Crippen molar-refractivity contribution in [1.82, 2.24) is 10.3 Å². The van der Waals surface area contributed by atoms with Crippen molar-refractivity contribution < 1.29 is 19.1 Å². The van der Waals surface area contributed by atoms with Crippen LogP contribution in [0.2, 0.25) is 0 Å². The predicted octanol–water partition coefficient (Wildman–Crippen LogP) is 2.98. The maximum atomic E-state index is 13.2. The number of hydrazone groups is 1. The molecule has 0 aromatic heterocycles. The summed E-state index contributed by atoms with van der Waals surface area (Å²) in [6.45, 7) is 4.80. The summed E-state index contributed by atoms with van der Waals surface area (Å²) in [7, 11) is 1.63. The normalized spacial score (nSPS) is 14.8. The highest BCUT2D eigenvalue weighted by Crippen LogP contribution is 2.11. The van der Waals surface area contributed by atoms with Crippen molar-refractivity contribution >= 4 is 17.3 Å². The van der Waals surface area contributed by atoms with E-state index in [0.717, 1.165) is 16.9 Å². The summed E-state index contributed by atoms with van der Waals surface area (Å²) in [6, 6.07) is 17.4. The van der Waals surface area contributed by atoms with Crippen LogP contribution in [-0.2, 0) is 27.5 Å². The Balaban J connectivity index is 1.73. The molecule has 32 heavy (non-hydrogen) atoms. The van der Waals surface area contributed by atoms with Crippen LogP contribution in [0.5, 0.6) is 5.75 Å². The summed E-state index contributed by atoms with van der Waals surface area (Å²) in [4.78, 5) is 20.5. The Morgan fingerprint density at radius 1 is 1.06 bits per heavy atom. The number of rotatable bonds is 10. The van der Waals surface area contributed by atoms with Gasteiger partial charge in [-0.3, -0.25) is 4.79 Å². The molecule has 1 amide bonds. The zero-order valence-electron chi connectivity index (χ0n) is 18.6. The predicted molar refractivity (Wildman–Crippen MR) is 124 cm³/mol. The highest BCUT2D eigenvalue weighted by molar-refractivity contribution is 6.66. The number of hydrogen-bond donors (Lipinski definition) is 1. The molecule has 1 fully saturated rings. The zero-order chi connectivity index (χ0) is 22.6. The van der Waals surface area contributed by atoms with E-state index in [1.54, 1.807) is 12.0 Å². The van der Waals surface area contributed by atoms with Gasteiger partial charge < -0.3 is 24.6 Å². The first-order chi connectivity index (χ1) is 15.7. The fourth-order valence-electron chi connectivity index (χ4n) is 3.14. The molecule has 8 nitrogen and oxygen atoms in total. The second-order valence-electron chi connectivity index (χ2n) is 7.20. The van der Waals surface area contributed by atoms with Gasteiger partial charge in [0.05, 0.1) is 26.9 Å². The third-order valence-electron chi connectivity index (χ3n) is 4.99. The van der Waals surface area contributed by atoms with E-state index < -0.39 is 0 Å². The molecule has 3 rings (SSSR count).